The Kier molecular flexibility index (Phi) is 7.89. The lowest BCUT2D eigenvalue weighted by Gasteiger charge is -2.20. The number of carboxylic acid groups (broad SMARTS) is 1. The largest absolute Gasteiger partial charge is 0.480 e. The number of aliphatic carboxylic acids is 1. The Morgan fingerprint density at radius 3 is 2.61 bits per heavy atom. The van der Waals surface area contributed by atoms with Crippen molar-refractivity contribution in [3.8, 4) is 0 Å². The molecule has 1 aliphatic rings. The van der Waals surface area contributed by atoms with Gasteiger partial charge in [0.25, 0.3) is 0 Å². The minimum atomic E-state index is -1.35. The highest BCUT2D eigenvalue weighted by Crippen LogP contribution is 2.04. The Labute approximate surface area is 160 Å². The van der Waals surface area contributed by atoms with E-state index < -0.39 is 36.5 Å². The van der Waals surface area contributed by atoms with Crippen molar-refractivity contribution in [1.82, 2.24) is 31.2 Å². The number of aromatic nitrogens is 2. The van der Waals surface area contributed by atoms with Gasteiger partial charge in [-0.25, -0.2) is 9.78 Å². The summed E-state index contributed by atoms with van der Waals surface area (Å²) in [5, 5.41) is 28.6. The van der Waals surface area contributed by atoms with E-state index in [1.54, 1.807) is 0 Å². The average Bonchev–Trinajstić information content (AvgIpc) is 3.37. The van der Waals surface area contributed by atoms with Gasteiger partial charge in [0.1, 0.15) is 12.1 Å². The molecule has 1 aromatic heterocycles. The van der Waals surface area contributed by atoms with Crippen LogP contribution in [0.3, 0.4) is 0 Å². The van der Waals surface area contributed by atoms with Crippen LogP contribution in [0.4, 0.5) is 0 Å². The number of H-pyrrole nitrogens is 1. The zero-order chi connectivity index (χ0) is 20.5. The topological polar surface area (TPSA) is 186 Å². The SMILES string of the molecule is O=C(CNC(=O)C1CCCN1)NC(CO)C(=O)NC(Cc1cnc[nH]1)C(=O)O. The number of carbonyl (C=O) groups is 4. The van der Waals surface area contributed by atoms with Gasteiger partial charge >= 0.3 is 5.97 Å². The number of imidazole rings is 1. The lowest BCUT2D eigenvalue weighted by molar-refractivity contribution is -0.142. The molecule has 2 heterocycles. The molecular weight excluding hydrogens is 372 g/mol. The van der Waals surface area contributed by atoms with E-state index in [1.807, 2.05) is 0 Å². The maximum atomic E-state index is 12.2. The highest BCUT2D eigenvalue weighted by molar-refractivity contribution is 5.92. The minimum absolute atomic E-state index is 0.0440. The summed E-state index contributed by atoms with van der Waals surface area (Å²) in [5.74, 6) is -3.13. The molecule has 0 saturated carbocycles. The summed E-state index contributed by atoms with van der Waals surface area (Å²) >= 11 is 0. The number of amides is 3. The standard InChI is InChI=1S/C16H24N6O6/c23-7-12(21-13(24)6-19-14(25)10-2-1-3-18-10)15(26)22-11(16(27)28)4-9-5-17-8-20-9/h5,8,10-12,18,23H,1-4,6-7H2,(H,17,20)(H,19,25)(H,21,24)(H,22,26)(H,27,28). The van der Waals surface area contributed by atoms with E-state index in [0.717, 1.165) is 13.0 Å². The quantitative estimate of drug-likeness (QED) is 0.216. The summed E-state index contributed by atoms with van der Waals surface area (Å²) in [6.45, 7) is -0.357. The Morgan fingerprint density at radius 2 is 2.04 bits per heavy atom. The lowest BCUT2D eigenvalue weighted by Crippen LogP contribution is -2.55. The zero-order valence-corrected chi connectivity index (χ0v) is 15.1. The minimum Gasteiger partial charge on any atom is -0.480 e. The second kappa shape index (κ2) is 10.4. The number of carbonyl (C=O) groups excluding carboxylic acids is 3. The van der Waals surface area contributed by atoms with E-state index in [0.29, 0.717) is 12.1 Å². The monoisotopic (exact) mass is 396 g/mol. The Morgan fingerprint density at radius 1 is 1.25 bits per heavy atom. The van der Waals surface area contributed by atoms with Gasteiger partial charge in [0.2, 0.25) is 17.7 Å². The average molecular weight is 396 g/mol. The van der Waals surface area contributed by atoms with Gasteiger partial charge in [-0.2, -0.15) is 0 Å². The van der Waals surface area contributed by atoms with Crippen LogP contribution in [-0.2, 0) is 25.6 Å². The van der Waals surface area contributed by atoms with Crippen LogP contribution in [0.1, 0.15) is 18.5 Å². The number of aliphatic hydroxyl groups excluding tert-OH is 1. The van der Waals surface area contributed by atoms with Crippen molar-refractivity contribution in [3.05, 3.63) is 18.2 Å². The third-order valence-corrected chi connectivity index (χ3v) is 4.23. The van der Waals surface area contributed by atoms with Crippen molar-refractivity contribution in [2.75, 3.05) is 19.7 Å². The number of carboxylic acids is 1. The molecule has 154 valence electrons. The number of rotatable bonds is 10. The molecular formula is C16H24N6O6. The van der Waals surface area contributed by atoms with E-state index in [4.69, 9.17) is 0 Å². The highest BCUT2D eigenvalue weighted by Gasteiger charge is 2.27. The summed E-state index contributed by atoms with van der Waals surface area (Å²) < 4.78 is 0. The molecule has 3 amide bonds. The Balaban J connectivity index is 1.82. The molecule has 7 N–H and O–H groups in total. The van der Waals surface area contributed by atoms with Gasteiger partial charge in [-0.05, 0) is 19.4 Å². The predicted molar refractivity (Wildman–Crippen MR) is 94.9 cm³/mol. The molecule has 0 aliphatic carbocycles. The molecule has 12 nitrogen and oxygen atoms in total. The van der Waals surface area contributed by atoms with E-state index in [-0.39, 0.29) is 24.9 Å². The number of hydrogen-bond acceptors (Lipinski definition) is 7. The van der Waals surface area contributed by atoms with E-state index in [9.17, 15) is 29.4 Å². The normalized spacial score (nSPS) is 18.1. The Bertz CT molecular complexity index is 688. The molecule has 1 aromatic rings. The fourth-order valence-corrected chi connectivity index (χ4v) is 2.73. The molecule has 2 rings (SSSR count). The second-order valence-corrected chi connectivity index (χ2v) is 6.35. The van der Waals surface area contributed by atoms with Crippen LogP contribution in [0, 0.1) is 0 Å². The van der Waals surface area contributed by atoms with Gasteiger partial charge in [-0.1, -0.05) is 0 Å². The second-order valence-electron chi connectivity index (χ2n) is 6.35. The number of hydrogen-bond donors (Lipinski definition) is 7. The van der Waals surface area contributed by atoms with E-state index >= 15 is 0 Å². The lowest BCUT2D eigenvalue weighted by atomic mass is 10.1. The summed E-state index contributed by atoms with van der Waals surface area (Å²) in [7, 11) is 0. The van der Waals surface area contributed by atoms with E-state index in [1.165, 1.54) is 12.5 Å². The molecule has 12 heteroatoms. The maximum absolute atomic E-state index is 12.2. The van der Waals surface area contributed by atoms with Crippen LogP contribution in [0.5, 0.6) is 0 Å². The fourth-order valence-electron chi connectivity index (χ4n) is 2.73. The summed E-state index contributed by atoms with van der Waals surface area (Å²) in [5.41, 5.74) is 0.500. The van der Waals surface area contributed by atoms with Crippen LogP contribution in [0.25, 0.3) is 0 Å². The maximum Gasteiger partial charge on any atom is 0.326 e. The van der Waals surface area contributed by atoms with Crippen molar-refractivity contribution >= 4 is 23.7 Å². The van der Waals surface area contributed by atoms with Crippen LogP contribution in [0.15, 0.2) is 12.5 Å². The summed E-state index contributed by atoms with van der Waals surface area (Å²) in [6, 6.07) is -2.96. The van der Waals surface area contributed by atoms with Crippen molar-refractivity contribution in [2.45, 2.75) is 37.4 Å². The zero-order valence-electron chi connectivity index (χ0n) is 15.1. The molecule has 0 aromatic carbocycles. The third kappa shape index (κ3) is 6.32. The van der Waals surface area contributed by atoms with Crippen molar-refractivity contribution in [2.24, 2.45) is 0 Å². The van der Waals surface area contributed by atoms with Crippen molar-refractivity contribution in [3.63, 3.8) is 0 Å². The van der Waals surface area contributed by atoms with Gasteiger partial charge < -0.3 is 36.5 Å². The number of nitrogens with one attached hydrogen (secondary N) is 5. The number of aliphatic hydroxyl groups is 1. The third-order valence-electron chi connectivity index (χ3n) is 4.23. The number of aromatic amines is 1. The molecule has 1 aliphatic heterocycles. The molecule has 0 bridgehead atoms. The van der Waals surface area contributed by atoms with E-state index in [2.05, 4.69) is 31.2 Å². The number of nitrogens with zero attached hydrogens (tertiary/aromatic N) is 1. The molecule has 1 saturated heterocycles. The first-order valence-corrected chi connectivity index (χ1v) is 8.82. The van der Waals surface area contributed by atoms with Crippen molar-refractivity contribution < 1.29 is 29.4 Å². The predicted octanol–water partition coefficient (Wildman–Crippen LogP) is -3.13. The van der Waals surface area contributed by atoms with Crippen LogP contribution < -0.4 is 21.3 Å². The van der Waals surface area contributed by atoms with Crippen molar-refractivity contribution in [1.29, 1.82) is 0 Å². The first kappa shape index (κ1) is 21.3. The molecule has 3 atom stereocenters. The van der Waals surface area contributed by atoms with Gasteiger partial charge in [0.15, 0.2) is 0 Å². The van der Waals surface area contributed by atoms with Gasteiger partial charge in [-0.3, -0.25) is 14.4 Å². The molecule has 28 heavy (non-hydrogen) atoms. The smallest absolute Gasteiger partial charge is 0.326 e. The first-order chi connectivity index (χ1) is 13.4. The highest BCUT2D eigenvalue weighted by atomic mass is 16.4. The first-order valence-electron chi connectivity index (χ1n) is 8.82. The van der Waals surface area contributed by atoms with Crippen LogP contribution in [-0.4, -0.2) is 81.7 Å². The molecule has 0 spiro atoms. The summed E-state index contributed by atoms with van der Waals surface area (Å²) in [4.78, 5) is 53.9. The van der Waals surface area contributed by atoms with Crippen LogP contribution >= 0.6 is 0 Å². The van der Waals surface area contributed by atoms with Gasteiger partial charge in [-0.15, -0.1) is 0 Å². The van der Waals surface area contributed by atoms with Gasteiger partial charge in [0.05, 0.1) is 25.5 Å². The van der Waals surface area contributed by atoms with Gasteiger partial charge in [0, 0.05) is 18.3 Å². The molecule has 1 fully saturated rings. The summed E-state index contributed by atoms with van der Waals surface area (Å²) in [6.07, 6.45) is 4.32. The Hall–Kier alpha value is -2.99. The van der Waals surface area contributed by atoms with Crippen LogP contribution in [0.2, 0.25) is 0 Å². The molecule has 3 unspecified atom stereocenters. The fraction of sp³-hybridized carbons (Fsp3) is 0.562. The molecule has 0 radical (unpaired) electrons.